The summed E-state index contributed by atoms with van der Waals surface area (Å²) < 4.78 is 21.8. The average Bonchev–Trinajstić information content (AvgIpc) is 2.81. The molecule has 0 bridgehead atoms. The summed E-state index contributed by atoms with van der Waals surface area (Å²) in [6.07, 6.45) is 3.17. The molecule has 0 saturated carbocycles. The number of rotatable bonds is 9. The second-order valence-electron chi connectivity index (χ2n) is 6.44. The third-order valence-electron chi connectivity index (χ3n) is 4.54. The molecule has 3 rings (SSSR count). The molecule has 0 heterocycles. The Balaban J connectivity index is 1.71. The standard InChI is InChI=1S/C25H24O5/c1-27-21-15-24(28-2)22(25(16-21)29-3)13-14-23(26)19-9-11-20(12-10-19)30-17-18-7-5-4-6-8-18/h4-16H,17H2,1-3H3/b14-13+. The lowest BCUT2D eigenvalue weighted by Crippen LogP contribution is -1.98. The van der Waals surface area contributed by atoms with Gasteiger partial charge in [0.1, 0.15) is 29.6 Å². The Hall–Kier alpha value is -3.73. The van der Waals surface area contributed by atoms with Crippen molar-refractivity contribution in [3.05, 3.63) is 89.5 Å². The molecule has 0 aliphatic rings. The summed E-state index contributed by atoms with van der Waals surface area (Å²) in [5.74, 6) is 2.29. The Morgan fingerprint density at radius 1 is 0.800 bits per heavy atom. The van der Waals surface area contributed by atoms with Crippen LogP contribution in [0.25, 0.3) is 6.08 Å². The molecule has 0 saturated heterocycles. The Bertz CT molecular complexity index is 982. The molecule has 0 aromatic heterocycles. The van der Waals surface area contributed by atoms with Gasteiger partial charge >= 0.3 is 0 Å². The highest BCUT2D eigenvalue weighted by molar-refractivity contribution is 6.07. The number of benzene rings is 3. The van der Waals surface area contributed by atoms with E-state index in [1.807, 2.05) is 30.3 Å². The maximum absolute atomic E-state index is 12.6. The average molecular weight is 404 g/mol. The summed E-state index contributed by atoms with van der Waals surface area (Å²) in [7, 11) is 4.68. The van der Waals surface area contributed by atoms with Gasteiger partial charge in [-0.05, 0) is 42.0 Å². The molecule has 0 atom stereocenters. The minimum Gasteiger partial charge on any atom is -0.496 e. The summed E-state index contributed by atoms with van der Waals surface area (Å²) in [4.78, 5) is 12.6. The summed E-state index contributed by atoms with van der Waals surface area (Å²) >= 11 is 0. The molecular weight excluding hydrogens is 380 g/mol. The normalized spacial score (nSPS) is 10.6. The lowest BCUT2D eigenvalue weighted by molar-refractivity contribution is 0.104. The van der Waals surface area contributed by atoms with Crippen LogP contribution in [0.2, 0.25) is 0 Å². The first-order chi connectivity index (χ1) is 14.6. The number of ketones is 1. The van der Waals surface area contributed by atoms with Gasteiger partial charge in [-0.2, -0.15) is 0 Å². The van der Waals surface area contributed by atoms with Gasteiger partial charge in [0, 0.05) is 17.7 Å². The van der Waals surface area contributed by atoms with E-state index in [1.54, 1.807) is 63.8 Å². The van der Waals surface area contributed by atoms with Crippen molar-refractivity contribution in [3.63, 3.8) is 0 Å². The number of carbonyl (C=O) groups is 1. The monoisotopic (exact) mass is 404 g/mol. The predicted octanol–water partition coefficient (Wildman–Crippen LogP) is 5.19. The Morgan fingerprint density at radius 2 is 1.43 bits per heavy atom. The van der Waals surface area contributed by atoms with Crippen LogP contribution in [0.4, 0.5) is 0 Å². The van der Waals surface area contributed by atoms with Gasteiger partial charge in [0.15, 0.2) is 5.78 Å². The third-order valence-corrected chi connectivity index (χ3v) is 4.54. The molecule has 0 aliphatic carbocycles. The zero-order chi connectivity index (χ0) is 21.3. The second kappa shape index (κ2) is 10.2. The molecule has 3 aromatic carbocycles. The molecule has 5 nitrogen and oxygen atoms in total. The largest absolute Gasteiger partial charge is 0.496 e. The predicted molar refractivity (Wildman–Crippen MR) is 117 cm³/mol. The van der Waals surface area contributed by atoms with E-state index in [1.165, 1.54) is 6.08 Å². The van der Waals surface area contributed by atoms with Crippen LogP contribution in [0, 0.1) is 0 Å². The molecular formula is C25H24O5. The van der Waals surface area contributed by atoms with Gasteiger partial charge in [0.25, 0.3) is 0 Å². The number of methoxy groups -OCH3 is 3. The van der Waals surface area contributed by atoms with Crippen LogP contribution in [0.1, 0.15) is 21.5 Å². The van der Waals surface area contributed by atoms with Crippen LogP contribution in [-0.4, -0.2) is 27.1 Å². The van der Waals surface area contributed by atoms with Gasteiger partial charge in [0.05, 0.1) is 26.9 Å². The molecule has 0 amide bonds. The molecule has 0 aliphatic heterocycles. The number of hydrogen-bond donors (Lipinski definition) is 0. The highest BCUT2D eigenvalue weighted by atomic mass is 16.5. The fourth-order valence-electron chi connectivity index (χ4n) is 2.91. The Morgan fingerprint density at radius 3 is 2.00 bits per heavy atom. The van der Waals surface area contributed by atoms with E-state index in [0.717, 1.165) is 5.56 Å². The van der Waals surface area contributed by atoms with Crippen molar-refractivity contribution in [2.24, 2.45) is 0 Å². The molecule has 3 aromatic rings. The minimum absolute atomic E-state index is 0.135. The fraction of sp³-hybridized carbons (Fsp3) is 0.160. The number of hydrogen-bond acceptors (Lipinski definition) is 5. The highest BCUT2D eigenvalue weighted by Crippen LogP contribution is 2.35. The van der Waals surface area contributed by atoms with Gasteiger partial charge in [-0.1, -0.05) is 30.3 Å². The molecule has 154 valence electrons. The SMILES string of the molecule is COc1cc(OC)c(/C=C/C(=O)c2ccc(OCc3ccccc3)cc2)c(OC)c1. The van der Waals surface area contributed by atoms with Crippen LogP contribution >= 0.6 is 0 Å². The second-order valence-corrected chi connectivity index (χ2v) is 6.44. The van der Waals surface area contributed by atoms with Gasteiger partial charge in [-0.15, -0.1) is 0 Å². The van der Waals surface area contributed by atoms with Crippen molar-refractivity contribution in [2.75, 3.05) is 21.3 Å². The summed E-state index contributed by atoms with van der Waals surface area (Å²) in [5.41, 5.74) is 2.31. The molecule has 0 N–H and O–H groups in total. The fourth-order valence-corrected chi connectivity index (χ4v) is 2.91. The minimum atomic E-state index is -0.135. The first-order valence-corrected chi connectivity index (χ1v) is 9.44. The first-order valence-electron chi connectivity index (χ1n) is 9.44. The van der Waals surface area contributed by atoms with Crippen molar-refractivity contribution in [3.8, 4) is 23.0 Å². The molecule has 5 heteroatoms. The number of ether oxygens (including phenoxy) is 4. The quantitative estimate of drug-likeness (QED) is 0.363. The molecule has 30 heavy (non-hydrogen) atoms. The van der Waals surface area contributed by atoms with E-state index in [9.17, 15) is 4.79 Å². The summed E-state index contributed by atoms with van der Waals surface area (Å²) in [6.45, 7) is 0.477. The van der Waals surface area contributed by atoms with E-state index in [2.05, 4.69) is 0 Å². The van der Waals surface area contributed by atoms with E-state index in [-0.39, 0.29) is 5.78 Å². The van der Waals surface area contributed by atoms with E-state index in [0.29, 0.717) is 40.7 Å². The third kappa shape index (κ3) is 5.20. The van der Waals surface area contributed by atoms with Crippen LogP contribution < -0.4 is 18.9 Å². The Kier molecular flexibility index (Phi) is 7.11. The molecule has 0 radical (unpaired) electrons. The molecule has 0 spiro atoms. The van der Waals surface area contributed by atoms with Gasteiger partial charge in [-0.3, -0.25) is 4.79 Å². The van der Waals surface area contributed by atoms with Crippen molar-refractivity contribution >= 4 is 11.9 Å². The van der Waals surface area contributed by atoms with Crippen molar-refractivity contribution < 1.29 is 23.7 Å². The topological polar surface area (TPSA) is 54.0 Å². The first kappa shape index (κ1) is 21.0. The summed E-state index contributed by atoms with van der Waals surface area (Å²) in [6, 6.07) is 20.5. The van der Waals surface area contributed by atoms with Crippen LogP contribution in [0.15, 0.2) is 72.8 Å². The van der Waals surface area contributed by atoms with Crippen molar-refractivity contribution in [2.45, 2.75) is 6.61 Å². The van der Waals surface area contributed by atoms with Crippen LogP contribution in [-0.2, 0) is 6.61 Å². The van der Waals surface area contributed by atoms with Gasteiger partial charge < -0.3 is 18.9 Å². The van der Waals surface area contributed by atoms with Crippen molar-refractivity contribution in [1.29, 1.82) is 0 Å². The zero-order valence-corrected chi connectivity index (χ0v) is 17.3. The molecule has 0 unspecified atom stereocenters. The Labute approximate surface area is 176 Å². The molecule has 0 fully saturated rings. The van der Waals surface area contributed by atoms with E-state index < -0.39 is 0 Å². The maximum atomic E-state index is 12.6. The summed E-state index contributed by atoms with van der Waals surface area (Å²) in [5, 5.41) is 0. The zero-order valence-electron chi connectivity index (χ0n) is 17.3. The number of allylic oxidation sites excluding steroid dienone is 1. The lowest BCUT2D eigenvalue weighted by atomic mass is 10.1. The van der Waals surface area contributed by atoms with Crippen LogP contribution in [0.3, 0.4) is 0 Å². The lowest BCUT2D eigenvalue weighted by Gasteiger charge is -2.12. The van der Waals surface area contributed by atoms with E-state index >= 15 is 0 Å². The van der Waals surface area contributed by atoms with Crippen molar-refractivity contribution in [1.82, 2.24) is 0 Å². The number of carbonyl (C=O) groups excluding carboxylic acids is 1. The van der Waals surface area contributed by atoms with Crippen LogP contribution in [0.5, 0.6) is 23.0 Å². The maximum Gasteiger partial charge on any atom is 0.185 e. The highest BCUT2D eigenvalue weighted by Gasteiger charge is 2.11. The van der Waals surface area contributed by atoms with Gasteiger partial charge in [-0.25, -0.2) is 0 Å². The smallest absolute Gasteiger partial charge is 0.185 e. The van der Waals surface area contributed by atoms with Gasteiger partial charge in [0.2, 0.25) is 0 Å². The van der Waals surface area contributed by atoms with E-state index in [4.69, 9.17) is 18.9 Å².